The zero-order valence-electron chi connectivity index (χ0n) is 58.8. The van der Waals surface area contributed by atoms with Gasteiger partial charge in [0.2, 0.25) is 0 Å². The van der Waals surface area contributed by atoms with Crippen molar-refractivity contribution < 1.29 is 27.2 Å². The van der Waals surface area contributed by atoms with Gasteiger partial charge in [-0.2, -0.15) is 29.0 Å². The van der Waals surface area contributed by atoms with Gasteiger partial charge in [-0.15, -0.1) is 45.3 Å². The number of Topliss-reactive ketones (excluding diaryl/α,β-unsaturated/α-hetero) is 2. The summed E-state index contributed by atoms with van der Waals surface area (Å²) in [5, 5.41) is 23.0. The van der Waals surface area contributed by atoms with Crippen molar-refractivity contribution in [3.8, 4) is 12.1 Å². The molecule has 2 aliphatic carbocycles. The molecule has 2 aliphatic rings. The van der Waals surface area contributed by atoms with Gasteiger partial charge in [0.05, 0.1) is 67.6 Å². The number of hydrogen-bond donors (Lipinski definition) is 0. The molecule has 19 heteroatoms. The molecule has 0 radical (unpaired) electrons. The maximum absolute atomic E-state index is 15.2. The quantitative estimate of drug-likeness (QED) is 0.0130. The number of allylic oxidation sites excluding steroid dienone is 5. The zero-order valence-corrected chi connectivity index (χ0v) is 62.9. The van der Waals surface area contributed by atoms with Gasteiger partial charge in [-0.1, -0.05) is 183 Å². The third-order valence-electron chi connectivity index (χ3n) is 21.1. The number of unbranched alkanes of at least 4 members (excludes halogenated alkanes) is 18. The number of fused-ring (bicyclic) bond motifs is 16. The van der Waals surface area contributed by atoms with E-state index in [1.165, 1.54) is 75.9 Å². The zero-order chi connectivity index (χ0) is 71.2. The lowest BCUT2D eigenvalue weighted by Gasteiger charge is -2.20. The van der Waals surface area contributed by atoms with Gasteiger partial charge in [-0.25, -0.2) is 17.6 Å². The van der Waals surface area contributed by atoms with E-state index >= 15 is 17.6 Å². The second-order valence-corrected chi connectivity index (χ2v) is 32.4. The third kappa shape index (κ3) is 14.0. The van der Waals surface area contributed by atoms with Crippen LogP contribution in [0.3, 0.4) is 0 Å². The summed E-state index contributed by atoms with van der Waals surface area (Å²) in [5.74, 6) is -5.65. The fourth-order valence-corrected chi connectivity index (χ4v) is 22.1. The smallest absolute Gasteiger partial charge is 0.337 e. The van der Waals surface area contributed by atoms with Crippen LogP contribution in [0.2, 0.25) is 0 Å². The first-order valence-electron chi connectivity index (χ1n) is 36.8. The number of hydrogen-bond acceptors (Lipinski definition) is 11. The van der Waals surface area contributed by atoms with E-state index in [4.69, 9.17) is 21.9 Å². The molecule has 0 amide bonds. The van der Waals surface area contributed by atoms with E-state index in [9.17, 15) is 20.1 Å². The van der Waals surface area contributed by atoms with Gasteiger partial charge < -0.3 is 9.13 Å². The average molecular weight is 1450 g/mol. The molecule has 7 aromatic heterocycles. The Kier molecular flexibility index (Phi) is 23.7. The molecule has 0 fully saturated rings. The number of ketones is 2. The number of thiophene rings is 4. The van der Waals surface area contributed by atoms with Crippen LogP contribution in [0.1, 0.15) is 261 Å². The molecule has 7 heterocycles. The Labute approximate surface area is 609 Å². The summed E-state index contributed by atoms with van der Waals surface area (Å²) in [4.78, 5) is 38.2. The van der Waals surface area contributed by atoms with E-state index in [2.05, 4.69) is 60.4 Å². The highest BCUT2D eigenvalue weighted by Gasteiger charge is 2.40. The van der Waals surface area contributed by atoms with Gasteiger partial charge in [0.1, 0.15) is 41.9 Å². The molecule has 2 unspecified atom stereocenters. The lowest BCUT2D eigenvalue weighted by Crippen LogP contribution is -2.13. The van der Waals surface area contributed by atoms with Crippen LogP contribution in [0.4, 0.5) is 17.6 Å². The van der Waals surface area contributed by atoms with Crippen molar-refractivity contribution in [2.45, 2.75) is 234 Å². The van der Waals surface area contributed by atoms with E-state index < -0.39 is 34.8 Å². The van der Waals surface area contributed by atoms with Gasteiger partial charge in [-0.05, 0) is 109 Å². The molecule has 0 N–H and O–H groups in total. The molecule has 0 aliphatic heterocycles. The van der Waals surface area contributed by atoms with Crippen molar-refractivity contribution in [3.05, 3.63) is 136 Å². The second kappa shape index (κ2) is 32.8. The summed E-state index contributed by atoms with van der Waals surface area (Å²) < 4.78 is 83.0. The fourth-order valence-electron chi connectivity index (χ4n) is 15.6. The number of aryl methyl sites for hydroxylation is 2. The monoisotopic (exact) mass is 1450 g/mol. The molecular formula is C82H86F4N8O2S5. The molecule has 10 nitrogen and oxygen atoms in total. The van der Waals surface area contributed by atoms with Crippen LogP contribution in [0.15, 0.2) is 46.8 Å². The van der Waals surface area contributed by atoms with Gasteiger partial charge in [0.25, 0.3) is 0 Å². The Balaban J connectivity index is 1.14. The van der Waals surface area contributed by atoms with Crippen LogP contribution in [-0.2, 0) is 25.9 Å². The summed E-state index contributed by atoms with van der Waals surface area (Å²) >= 11 is 7.91. The average Bonchev–Trinajstić information content (AvgIpc) is 1.51. The minimum Gasteiger partial charge on any atom is -0.337 e. The third-order valence-corrected chi connectivity index (χ3v) is 26.8. The number of carbonyl (C=O) groups is 2. The van der Waals surface area contributed by atoms with E-state index in [-0.39, 0.29) is 67.8 Å². The molecule has 0 saturated carbocycles. The lowest BCUT2D eigenvalue weighted by atomic mass is 9.98. The number of nitriles is 2. The van der Waals surface area contributed by atoms with Crippen molar-refractivity contribution in [3.63, 3.8) is 0 Å². The maximum atomic E-state index is 15.2. The molecule has 101 heavy (non-hydrogen) atoms. The Morgan fingerprint density at radius 1 is 0.485 bits per heavy atom. The van der Waals surface area contributed by atoms with E-state index in [1.807, 2.05) is 12.1 Å². The minimum absolute atomic E-state index is 0.00707. The van der Waals surface area contributed by atoms with Gasteiger partial charge >= 0.3 is 5.82 Å². The van der Waals surface area contributed by atoms with E-state index in [0.29, 0.717) is 25.9 Å². The Morgan fingerprint density at radius 2 is 0.851 bits per heavy atom. The molecule has 0 saturated heterocycles. The predicted octanol–water partition coefficient (Wildman–Crippen LogP) is 26.5. The molecule has 524 valence electrons. The van der Waals surface area contributed by atoms with Gasteiger partial charge in [0.15, 0.2) is 34.8 Å². The topological polar surface area (TPSA) is 126 Å². The molecule has 12 rings (SSSR count). The summed E-state index contributed by atoms with van der Waals surface area (Å²) in [5.41, 5.74) is 7.82. The van der Waals surface area contributed by atoms with Crippen LogP contribution < -0.4 is 0 Å². The Hall–Kier alpha value is -7.62. The van der Waals surface area contributed by atoms with Crippen molar-refractivity contribution in [2.24, 2.45) is 11.8 Å². The number of benzene rings is 3. The van der Waals surface area contributed by atoms with Gasteiger partial charge in [-0.3, -0.25) is 9.59 Å². The summed E-state index contributed by atoms with van der Waals surface area (Å²) in [6, 6.07) is 7.58. The van der Waals surface area contributed by atoms with Gasteiger partial charge in [0, 0.05) is 61.5 Å². The minimum atomic E-state index is -1.19. The first-order valence-corrected chi connectivity index (χ1v) is 40.8. The van der Waals surface area contributed by atoms with Crippen LogP contribution in [0.5, 0.6) is 0 Å². The number of carbonyl (C=O) groups excluding carboxylic acids is 2. The van der Waals surface area contributed by atoms with E-state index in [0.717, 1.165) is 220 Å². The number of rotatable bonds is 34. The first kappa shape index (κ1) is 73.1. The van der Waals surface area contributed by atoms with Crippen LogP contribution >= 0.6 is 57.1 Å². The predicted molar refractivity (Wildman–Crippen MR) is 414 cm³/mol. The summed E-state index contributed by atoms with van der Waals surface area (Å²) in [6.07, 6.45) is 33.5. The van der Waals surface area contributed by atoms with Crippen molar-refractivity contribution in [2.75, 3.05) is 0 Å². The maximum Gasteiger partial charge on any atom is 0.528 e. The summed E-state index contributed by atoms with van der Waals surface area (Å²) in [7, 11) is 0. The van der Waals surface area contributed by atoms with Crippen LogP contribution in [-0.4, -0.2) is 29.4 Å². The standard InChI is InChI=1S/C82H86F4N8O2S5/c1-9-15-19-21-23-25-27-29-31-35-50-62(41-56-64(49(43-87)44-88)52-37-58(83)60(85)39-54(52)74(56)95)97-80-72-78(99-76(50)80)66-68-69(92-101-91-68)67-71(70(66)93(72)45-47(13-5)33-17-11-3)94(46-48(14-6)34-18-12-4)73-79(67)100-77-51(36-32-30-28-26-24-22-20-16-10-2)63(98-81(73)77)42-57-65(82(89-7)90-8)53-38-59(84)61(86)40-55(53)75(57)96/h37-42,47-48H,9-36,45-46H2,1-6H3/b56-41-,57-42-. The van der Waals surface area contributed by atoms with Crippen LogP contribution in [0, 0.1) is 70.9 Å². The largest absolute Gasteiger partial charge is 0.528 e. The highest BCUT2D eigenvalue weighted by Crippen LogP contribution is 2.56. The Bertz CT molecular complexity index is 4830. The molecule has 0 bridgehead atoms. The SMILES string of the molecule is [C-]#[N+]C([N+]#[C-])=C1/C(=C/c2sc3c(sc4c5c6nsnc6c6c7sc8c(CCCCCCCCCCC)c(/C=C9\C(=O)c%10cc(F)c(F)cc%10C9=C(C#N)C#N)sc8c7n(CC(CC)CCCC)c6c5n(CC(CC)CCCC)c34)c2CCCCCCCCCCC)C(=O)c2cc(F)c(F)cc21. The lowest BCUT2D eigenvalue weighted by molar-refractivity contribution is 0.103. The summed E-state index contributed by atoms with van der Waals surface area (Å²) in [6.45, 7) is 31.1. The van der Waals surface area contributed by atoms with E-state index in [1.54, 1.807) is 57.5 Å². The fraction of sp³-hybridized carbons (Fsp3) is 0.463. The number of halogens is 4. The number of aromatic nitrogens is 4. The second-order valence-electron chi connectivity index (χ2n) is 27.7. The van der Waals surface area contributed by atoms with Crippen molar-refractivity contribution in [1.29, 1.82) is 10.5 Å². The normalized spacial score (nSPS) is 14.6. The molecule has 3 aromatic carbocycles. The molecular weight excluding hydrogens is 1370 g/mol. The van der Waals surface area contributed by atoms with Crippen molar-refractivity contribution in [1.82, 2.24) is 17.9 Å². The Morgan fingerprint density at radius 3 is 1.23 bits per heavy atom. The highest BCUT2D eigenvalue weighted by molar-refractivity contribution is 7.34. The highest BCUT2D eigenvalue weighted by atomic mass is 32.1. The molecule has 0 spiro atoms. The van der Waals surface area contributed by atoms with Crippen LogP contribution in [0.25, 0.3) is 105 Å². The van der Waals surface area contributed by atoms with Crippen molar-refractivity contribution >= 4 is 164 Å². The molecule has 10 aromatic rings. The number of nitrogens with zero attached hydrogens (tertiary/aromatic N) is 8. The first-order chi connectivity index (χ1) is 49.2. The molecule has 2 atom stereocenters.